The summed E-state index contributed by atoms with van der Waals surface area (Å²) in [6.07, 6.45) is 2.79. The van der Waals surface area contributed by atoms with Gasteiger partial charge in [0.2, 0.25) is 11.8 Å². The fourth-order valence-corrected chi connectivity index (χ4v) is 4.59. The van der Waals surface area contributed by atoms with Crippen molar-refractivity contribution < 1.29 is 20.1 Å². The third-order valence-corrected chi connectivity index (χ3v) is 6.63. The van der Waals surface area contributed by atoms with Gasteiger partial charge in [-0.05, 0) is 78.0 Å². The highest BCUT2D eigenvalue weighted by Gasteiger charge is 2.33. The zero-order valence-electron chi connectivity index (χ0n) is 17.6. The molecule has 0 unspecified atom stereocenters. The lowest BCUT2D eigenvalue weighted by Crippen LogP contribution is -2.40. The molecule has 2 aromatic heterocycles. The van der Waals surface area contributed by atoms with E-state index in [9.17, 15) is 0 Å². The van der Waals surface area contributed by atoms with Gasteiger partial charge in [0.25, 0.3) is 0 Å². The van der Waals surface area contributed by atoms with Gasteiger partial charge in [-0.2, -0.15) is 9.10 Å². The molecule has 2 heterocycles. The Morgan fingerprint density at radius 2 is 1.81 bits per heavy atom. The summed E-state index contributed by atoms with van der Waals surface area (Å²) in [6.45, 7) is 4.29. The normalized spacial score (nSPS) is 18.4. The molecule has 0 spiro atoms. The predicted octanol–water partition coefficient (Wildman–Crippen LogP) is 3.31. The van der Waals surface area contributed by atoms with E-state index in [1.54, 1.807) is 24.3 Å². The minimum Gasteiger partial charge on any atom is -0.473 e. The van der Waals surface area contributed by atoms with Crippen molar-refractivity contribution in [3.8, 4) is 5.88 Å². The summed E-state index contributed by atoms with van der Waals surface area (Å²) in [7, 11) is 0. The minimum absolute atomic E-state index is 0.177. The van der Waals surface area contributed by atoms with E-state index < -0.39 is 6.10 Å². The van der Waals surface area contributed by atoms with Crippen molar-refractivity contribution in [2.24, 2.45) is 0 Å². The van der Waals surface area contributed by atoms with Gasteiger partial charge in [-0.15, -0.1) is 0 Å². The molecule has 170 valence electrons. The Balaban J connectivity index is 1.26. The number of ether oxygens (including phenoxy) is 1. The van der Waals surface area contributed by atoms with Gasteiger partial charge in [-0.3, -0.25) is 0 Å². The molecule has 1 fully saturated rings. The van der Waals surface area contributed by atoms with E-state index >= 15 is 0 Å². The summed E-state index contributed by atoms with van der Waals surface area (Å²) in [6, 6.07) is 7.10. The maximum atomic E-state index is 8.86. The highest BCUT2D eigenvalue weighted by Crippen LogP contribution is 2.40. The van der Waals surface area contributed by atoms with E-state index in [1.807, 2.05) is 12.4 Å². The molecule has 0 atom stereocenters. The van der Waals surface area contributed by atoms with Crippen molar-refractivity contribution in [2.45, 2.75) is 55.6 Å². The molecule has 9 nitrogen and oxygen atoms in total. The topological polar surface area (TPSA) is 133 Å². The molecule has 5 N–H and O–H groups in total. The van der Waals surface area contributed by atoms with Crippen LogP contribution in [0.1, 0.15) is 49.7 Å². The van der Waals surface area contributed by atoms with Crippen LogP contribution in [0.2, 0.25) is 0 Å². The minimum atomic E-state index is -2.93. The number of hydrogen-bond acceptors (Lipinski definition) is 11. The summed E-state index contributed by atoms with van der Waals surface area (Å²) >= 11 is 2.33. The van der Waals surface area contributed by atoms with Crippen LogP contribution in [0.5, 0.6) is 5.88 Å². The molecule has 1 aromatic carbocycles. The van der Waals surface area contributed by atoms with Crippen molar-refractivity contribution in [2.75, 3.05) is 5.32 Å². The molecule has 3 aromatic rings. The number of benzene rings is 1. The number of rotatable bonds is 9. The van der Waals surface area contributed by atoms with E-state index in [4.69, 9.17) is 20.1 Å². The number of hydrogen-bond donors (Lipinski definition) is 5. The fraction of sp³-hybridized carbons (Fsp3) is 0.381. The Morgan fingerprint density at radius 1 is 1.12 bits per heavy atom. The van der Waals surface area contributed by atoms with E-state index in [1.165, 1.54) is 17.1 Å². The second-order valence-electron chi connectivity index (χ2n) is 7.97. The van der Waals surface area contributed by atoms with Crippen LogP contribution in [0.4, 0.5) is 11.6 Å². The van der Waals surface area contributed by atoms with Crippen LogP contribution < -0.4 is 14.8 Å². The molecular weight excluding hydrogens is 450 g/mol. The lowest BCUT2D eigenvalue weighted by atomic mass is 9.78. The molecule has 1 aliphatic carbocycles. The van der Waals surface area contributed by atoms with E-state index in [-0.39, 0.29) is 6.10 Å². The first-order valence-corrected chi connectivity index (χ1v) is 11.8. The van der Waals surface area contributed by atoms with Crippen molar-refractivity contribution in [3.63, 3.8) is 0 Å². The van der Waals surface area contributed by atoms with Gasteiger partial charge in [0.05, 0.1) is 0 Å². The maximum absolute atomic E-state index is 8.86. The van der Waals surface area contributed by atoms with Gasteiger partial charge in [0, 0.05) is 33.9 Å². The van der Waals surface area contributed by atoms with Crippen LogP contribution >= 0.6 is 23.5 Å². The van der Waals surface area contributed by atoms with Crippen LogP contribution in [0.15, 0.2) is 46.9 Å². The fourth-order valence-electron chi connectivity index (χ4n) is 3.27. The Bertz CT molecular complexity index is 1020. The van der Waals surface area contributed by atoms with Crippen LogP contribution in [0.25, 0.3) is 0 Å². The molecule has 1 aliphatic rings. The number of aliphatic hydroxyl groups is 3. The SMILES string of the molecule is CC(C)c1csnc1OC1CC(c2cnc(Nc3ccc(SNC(O)(O)O)cc3)nc2)C1. The standard InChI is InChI=1S/C21H25N5O4S2/c1-12(2)18-11-31-25-19(18)30-16-7-13(8-16)14-9-22-20(23-10-14)24-15-3-5-17(6-4-15)32-26-21(27,28)29/h3-6,9-13,16,26-29H,7-8H2,1-2H3,(H,22,23,24). The third kappa shape index (κ3) is 5.94. The van der Waals surface area contributed by atoms with Gasteiger partial charge < -0.3 is 25.4 Å². The van der Waals surface area contributed by atoms with Crippen molar-refractivity contribution in [1.29, 1.82) is 0 Å². The number of nitrogens with one attached hydrogen (secondary N) is 2. The first-order chi connectivity index (χ1) is 15.3. The Kier molecular flexibility index (Phi) is 6.93. The molecule has 0 radical (unpaired) electrons. The second kappa shape index (κ2) is 9.69. The van der Waals surface area contributed by atoms with Crippen LogP contribution in [-0.2, 0) is 0 Å². The van der Waals surface area contributed by atoms with Crippen LogP contribution in [-0.4, -0.2) is 41.9 Å². The molecule has 0 bridgehead atoms. The summed E-state index contributed by atoms with van der Waals surface area (Å²) < 4.78 is 12.5. The van der Waals surface area contributed by atoms with Crippen molar-refractivity contribution in [3.05, 3.63) is 53.2 Å². The lowest BCUT2D eigenvalue weighted by molar-refractivity contribution is -0.317. The molecule has 0 amide bonds. The highest BCUT2D eigenvalue weighted by molar-refractivity contribution is 7.97. The second-order valence-corrected chi connectivity index (χ2v) is 9.48. The number of aromatic nitrogens is 3. The third-order valence-electron chi connectivity index (χ3n) is 5.12. The largest absolute Gasteiger partial charge is 0.473 e. The summed E-state index contributed by atoms with van der Waals surface area (Å²) in [5.74, 6) is 2.05. The smallest absolute Gasteiger partial charge is 0.352 e. The summed E-state index contributed by atoms with van der Waals surface area (Å²) in [4.78, 5) is 9.52. The molecule has 0 saturated heterocycles. The Hall–Kier alpha value is -2.28. The molecule has 4 rings (SSSR count). The van der Waals surface area contributed by atoms with Gasteiger partial charge in [-0.25, -0.2) is 9.97 Å². The summed E-state index contributed by atoms with van der Waals surface area (Å²) in [5, 5.41) is 31.8. The summed E-state index contributed by atoms with van der Waals surface area (Å²) in [5.41, 5.74) is 3.05. The predicted molar refractivity (Wildman–Crippen MR) is 123 cm³/mol. The Morgan fingerprint density at radius 3 is 2.44 bits per heavy atom. The molecule has 1 saturated carbocycles. The molecular formula is C21H25N5O4S2. The van der Waals surface area contributed by atoms with Crippen LogP contribution in [0.3, 0.4) is 0 Å². The monoisotopic (exact) mass is 475 g/mol. The number of anilines is 2. The zero-order chi connectivity index (χ0) is 22.7. The van der Waals surface area contributed by atoms with E-state index in [0.717, 1.165) is 41.9 Å². The van der Waals surface area contributed by atoms with Crippen molar-refractivity contribution >= 4 is 35.1 Å². The van der Waals surface area contributed by atoms with Crippen molar-refractivity contribution in [1.82, 2.24) is 19.1 Å². The average molecular weight is 476 g/mol. The highest BCUT2D eigenvalue weighted by atomic mass is 32.2. The van der Waals surface area contributed by atoms with E-state index in [0.29, 0.717) is 22.7 Å². The number of nitrogens with zero attached hydrogens (tertiary/aromatic N) is 3. The Labute approximate surface area is 194 Å². The van der Waals surface area contributed by atoms with E-state index in [2.05, 4.69) is 43.6 Å². The first-order valence-electron chi connectivity index (χ1n) is 10.2. The lowest BCUT2D eigenvalue weighted by Gasteiger charge is -2.35. The van der Waals surface area contributed by atoms with Crippen LogP contribution in [0, 0.1) is 0 Å². The van der Waals surface area contributed by atoms with Gasteiger partial charge in [0.15, 0.2) is 0 Å². The zero-order valence-corrected chi connectivity index (χ0v) is 19.2. The molecule has 0 aliphatic heterocycles. The van der Waals surface area contributed by atoms with Gasteiger partial charge in [0.1, 0.15) is 6.10 Å². The quantitative estimate of drug-likeness (QED) is 0.232. The van der Waals surface area contributed by atoms with Gasteiger partial charge in [-0.1, -0.05) is 13.8 Å². The average Bonchev–Trinajstić information content (AvgIpc) is 3.19. The molecule has 32 heavy (non-hydrogen) atoms. The van der Waals surface area contributed by atoms with Gasteiger partial charge >= 0.3 is 6.10 Å². The first kappa shape index (κ1) is 22.9. The molecule has 11 heteroatoms. The maximum Gasteiger partial charge on any atom is 0.352 e.